The Balaban J connectivity index is 1.74. The minimum Gasteiger partial charge on any atom is -0.481 e. The van der Waals surface area contributed by atoms with E-state index in [-0.39, 0.29) is 11.9 Å². The molecule has 5 rings (SSSR count). The van der Waals surface area contributed by atoms with Gasteiger partial charge in [-0.1, -0.05) is 0 Å². The maximum atomic E-state index is 12.9. The van der Waals surface area contributed by atoms with Gasteiger partial charge < -0.3 is 19.7 Å². The fourth-order valence-corrected chi connectivity index (χ4v) is 5.71. The van der Waals surface area contributed by atoms with Gasteiger partial charge in [0.2, 0.25) is 5.91 Å². The largest absolute Gasteiger partial charge is 0.481 e. The van der Waals surface area contributed by atoms with Crippen molar-refractivity contribution in [1.82, 2.24) is 14.9 Å². The Morgan fingerprint density at radius 3 is 3.14 bits per heavy atom. The predicted molar refractivity (Wildman–Crippen MR) is 81.1 cm³/mol. The van der Waals surface area contributed by atoms with Crippen molar-refractivity contribution in [2.24, 2.45) is 11.8 Å². The van der Waals surface area contributed by atoms with E-state index in [4.69, 9.17) is 4.74 Å². The van der Waals surface area contributed by atoms with Crippen molar-refractivity contribution < 1.29 is 19.4 Å². The highest BCUT2D eigenvalue weighted by Crippen LogP contribution is 2.66. The number of nitrogens with one attached hydrogen (secondary N) is 1. The van der Waals surface area contributed by atoms with Crippen LogP contribution in [0.5, 0.6) is 0 Å². The molecule has 0 unspecified atom stereocenters. The number of hydrogen-bond acceptors (Lipinski definition) is 4. The standard InChI is InChI=1S/C14H12IN3O4/c15-14-3-2-13(22-14)7(8(14)12(20)21)11(19)18-4-1-6-9(10(13)18)17-5-16-6/h2-3,5,7-8,10H,1,4H2,(H,16,17)(H,20,21)/t7-,8+,10-,13-,14+/m1/s1. The molecule has 7 nitrogen and oxygen atoms in total. The molecule has 8 heteroatoms. The Hall–Kier alpha value is -1.42. The summed E-state index contributed by atoms with van der Waals surface area (Å²) >= 11 is 2.01. The summed E-state index contributed by atoms with van der Waals surface area (Å²) in [6, 6.07) is -0.336. The Labute approximate surface area is 138 Å². The zero-order chi connectivity index (χ0) is 15.3. The number of rotatable bonds is 1. The second-order valence-corrected chi connectivity index (χ2v) is 7.92. The normalized spacial score (nSPS) is 44.1. The third-order valence-corrected chi connectivity index (χ3v) is 6.57. The number of fused-ring (bicyclic) bond motifs is 4. The highest BCUT2D eigenvalue weighted by Gasteiger charge is 2.76. The van der Waals surface area contributed by atoms with Gasteiger partial charge >= 0.3 is 5.97 Å². The van der Waals surface area contributed by atoms with Crippen LogP contribution in [-0.4, -0.2) is 47.6 Å². The molecule has 114 valence electrons. The van der Waals surface area contributed by atoms with Crippen LogP contribution in [0.3, 0.4) is 0 Å². The van der Waals surface area contributed by atoms with Gasteiger partial charge in [0.15, 0.2) is 3.61 Å². The van der Waals surface area contributed by atoms with Gasteiger partial charge in [0.25, 0.3) is 0 Å². The zero-order valence-electron chi connectivity index (χ0n) is 11.3. The zero-order valence-corrected chi connectivity index (χ0v) is 13.5. The molecular formula is C14H12IN3O4. The van der Waals surface area contributed by atoms with E-state index in [1.54, 1.807) is 17.3 Å². The SMILES string of the molecule is O=C(O)[C@@H]1[C@@H]2C(=O)N3CCc4[nH]cnc4[C@@H]3[C@@]23C=C[C@]1(I)O3. The number of imidazole rings is 1. The van der Waals surface area contributed by atoms with Crippen LogP contribution in [0, 0.1) is 11.8 Å². The summed E-state index contributed by atoms with van der Waals surface area (Å²) in [5, 5.41) is 9.64. The van der Waals surface area contributed by atoms with Crippen molar-refractivity contribution in [3.8, 4) is 0 Å². The molecule has 5 heterocycles. The van der Waals surface area contributed by atoms with Gasteiger partial charge in [0.1, 0.15) is 17.6 Å². The Morgan fingerprint density at radius 2 is 2.36 bits per heavy atom. The van der Waals surface area contributed by atoms with Crippen LogP contribution in [0.2, 0.25) is 0 Å². The molecule has 0 aromatic carbocycles. The second kappa shape index (κ2) is 3.73. The Morgan fingerprint density at radius 1 is 1.55 bits per heavy atom. The first-order valence-electron chi connectivity index (χ1n) is 7.13. The molecule has 4 aliphatic rings. The van der Waals surface area contributed by atoms with Crippen molar-refractivity contribution in [2.45, 2.75) is 21.7 Å². The van der Waals surface area contributed by atoms with Crippen LogP contribution in [0.4, 0.5) is 0 Å². The number of carboxylic acids is 1. The summed E-state index contributed by atoms with van der Waals surface area (Å²) < 4.78 is 5.24. The minimum absolute atomic E-state index is 0.131. The minimum atomic E-state index is -0.985. The lowest BCUT2D eigenvalue weighted by atomic mass is 9.74. The van der Waals surface area contributed by atoms with Crippen LogP contribution < -0.4 is 0 Å². The van der Waals surface area contributed by atoms with Gasteiger partial charge in [0.05, 0.1) is 17.9 Å². The summed E-state index contributed by atoms with van der Waals surface area (Å²) in [6.07, 6.45) is 6.01. The van der Waals surface area contributed by atoms with Gasteiger partial charge in [-0.25, -0.2) is 4.98 Å². The molecular weight excluding hydrogens is 401 g/mol. The van der Waals surface area contributed by atoms with E-state index in [0.717, 1.165) is 11.4 Å². The maximum Gasteiger partial charge on any atom is 0.311 e. The maximum absolute atomic E-state index is 12.9. The smallest absolute Gasteiger partial charge is 0.311 e. The average Bonchev–Trinajstić information content (AvgIpc) is 3.16. The van der Waals surface area contributed by atoms with Gasteiger partial charge in [-0.3, -0.25) is 9.59 Å². The van der Waals surface area contributed by atoms with E-state index >= 15 is 0 Å². The number of carboxylic acid groups (broad SMARTS) is 1. The first kappa shape index (κ1) is 13.1. The number of carbonyl (C=O) groups excluding carboxylic acids is 1. The lowest BCUT2D eigenvalue weighted by Crippen LogP contribution is -2.42. The van der Waals surface area contributed by atoms with Crippen LogP contribution in [0.25, 0.3) is 0 Å². The van der Waals surface area contributed by atoms with Crippen LogP contribution in [-0.2, 0) is 20.7 Å². The molecule has 0 saturated carbocycles. The first-order valence-corrected chi connectivity index (χ1v) is 8.21. The van der Waals surface area contributed by atoms with Crippen molar-refractivity contribution in [3.63, 3.8) is 0 Å². The van der Waals surface area contributed by atoms with Gasteiger partial charge in [-0.05, 0) is 34.7 Å². The Bertz CT molecular complexity index is 761. The highest BCUT2D eigenvalue weighted by atomic mass is 127. The summed E-state index contributed by atoms with van der Waals surface area (Å²) in [5.41, 5.74) is 0.898. The van der Waals surface area contributed by atoms with Gasteiger partial charge in [0, 0.05) is 18.7 Å². The predicted octanol–water partition coefficient (Wildman–Crippen LogP) is 0.636. The van der Waals surface area contributed by atoms with E-state index in [9.17, 15) is 14.7 Å². The highest BCUT2D eigenvalue weighted by molar-refractivity contribution is 14.1. The number of nitrogens with zero attached hydrogens (tertiary/aromatic N) is 2. The lowest BCUT2D eigenvalue weighted by molar-refractivity contribution is -0.148. The molecule has 1 amide bonds. The number of aromatic amines is 1. The monoisotopic (exact) mass is 413 g/mol. The third kappa shape index (κ3) is 1.22. The number of carbonyl (C=O) groups is 2. The van der Waals surface area contributed by atoms with Gasteiger partial charge in [-0.2, -0.15) is 0 Å². The molecule has 22 heavy (non-hydrogen) atoms. The summed E-state index contributed by atoms with van der Waals surface area (Å²) in [7, 11) is 0. The molecule has 5 atom stereocenters. The molecule has 0 radical (unpaired) electrons. The van der Waals surface area contributed by atoms with Crippen molar-refractivity contribution >= 4 is 34.5 Å². The van der Waals surface area contributed by atoms with Crippen molar-refractivity contribution in [1.29, 1.82) is 0 Å². The van der Waals surface area contributed by atoms with Crippen LogP contribution >= 0.6 is 22.6 Å². The number of aliphatic carboxylic acids is 1. The molecule has 2 bridgehead atoms. The second-order valence-electron chi connectivity index (χ2n) is 6.23. The topological polar surface area (TPSA) is 95.5 Å². The first-order chi connectivity index (χ1) is 10.5. The van der Waals surface area contributed by atoms with E-state index in [1.807, 2.05) is 28.7 Å². The Kier molecular flexibility index (Phi) is 2.21. The van der Waals surface area contributed by atoms with Gasteiger partial charge in [-0.15, -0.1) is 0 Å². The number of aromatic nitrogens is 2. The summed E-state index contributed by atoms with van der Waals surface area (Å²) in [5.74, 6) is -2.66. The molecule has 0 aliphatic carbocycles. The lowest BCUT2D eigenvalue weighted by Gasteiger charge is -2.35. The van der Waals surface area contributed by atoms with E-state index in [1.165, 1.54) is 0 Å². The molecule has 1 aromatic heterocycles. The number of alkyl halides is 1. The quantitative estimate of drug-likeness (QED) is 0.400. The molecule has 1 spiro atoms. The molecule has 4 aliphatic heterocycles. The van der Waals surface area contributed by atoms with Crippen LogP contribution in [0.1, 0.15) is 17.4 Å². The van der Waals surface area contributed by atoms with E-state index in [0.29, 0.717) is 13.0 Å². The average molecular weight is 413 g/mol. The molecule has 2 fully saturated rings. The number of hydrogen-bond donors (Lipinski definition) is 2. The van der Waals surface area contributed by atoms with E-state index in [2.05, 4.69) is 9.97 Å². The third-order valence-electron chi connectivity index (χ3n) is 5.32. The molecule has 1 aromatic rings. The fourth-order valence-electron chi connectivity index (χ4n) is 4.52. The molecule has 2 N–H and O–H groups in total. The number of H-pyrrole nitrogens is 1. The van der Waals surface area contributed by atoms with Crippen molar-refractivity contribution in [2.75, 3.05) is 6.54 Å². The van der Waals surface area contributed by atoms with Crippen LogP contribution in [0.15, 0.2) is 18.5 Å². The van der Waals surface area contributed by atoms with Crippen molar-refractivity contribution in [3.05, 3.63) is 29.9 Å². The number of ether oxygens (including phenoxy) is 1. The summed E-state index contributed by atoms with van der Waals surface area (Å²) in [6.45, 7) is 0.564. The molecule has 2 saturated heterocycles. The number of halogens is 1. The fraction of sp³-hybridized carbons (Fsp3) is 0.500. The summed E-state index contributed by atoms with van der Waals surface area (Å²) in [4.78, 5) is 33.9. The van der Waals surface area contributed by atoms with E-state index < -0.39 is 27.0 Å². The number of amides is 1.